The number of rotatable bonds is 5. The SMILES string of the molecule is CN(C)CCNC(=O)c1cc(-c2cccs2)on1. The van der Waals surface area contributed by atoms with E-state index in [4.69, 9.17) is 4.52 Å². The van der Waals surface area contributed by atoms with Crippen LogP contribution in [0.4, 0.5) is 0 Å². The van der Waals surface area contributed by atoms with Crippen LogP contribution < -0.4 is 5.32 Å². The molecule has 2 heterocycles. The minimum atomic E-state index is -0.205. The van der Waals surface area contributed by atoms with Gasteiger partial charge in [-0.2, -0.15) is 0 Å². The Balaban J connectivity index is 1.95. The largest absolute Gasteiger partial charge is 0.355 e. The van der Waals surface area contributed by atoms with E-state index in [1.807, 2.05) is 36.5 Å². The van der Waals surface area contributed by atoms with Gasteiger partial charge in [-0.3, -0.25) is 4.79 Å². The number of likely N-dealkylation sites (N-methyl/N-ethyl adjacent to an activating group) is 1. The highest BCUT2D eigenvalue weighted by molar-refractivity contribution is 7.13. The van der Waals surface area contributed by atoms with Gasteiger partial charge in [0, 0.05) is 19.2 Å². The molecule has 0 aliphatic heterocycles. The minimum absolute atomic E-state index is 0.205. The molecule has 0 saturated heterocycles. The third-order valence-corrected chi connectivity index (χ3v) is 3.24. The molecule has 0 spiro atoms. The Morgan fingerprint density at radius 2 is 2.39 bits per heavy atom. The number of aromatic nitrogens is 1. The van der Waals surface area contributed by atoms with E-state index in [2.05, 4.69) is 10.5 Å². The van der Waals surface area contributed by atoms with Crippen LogP contribution in [0.3, 0.4) is 0 Å². The lowest BCUT2D eigenvalue weighted by atomic mass is 10.3. The van der Waals surface area contributed by atoms with Crippen LogP contribution in [0.1, 0.15) is 10.5 Å². The summed E-state index contributed by atoms with van der Waals surface area (Å²) in [7, 11) is 3.91. The van der Waals surface area contributed by atoms with Crippen molar-refractivity contribution in [2.75, 3.05) is 27.2 Å². The Labute approximate surface area is 109 Å². The number of hydrogen-bond donors (Lipinski definition) is 1. The summed E-state index contributed by atoms with van der Waals surface area (Å²) in [6.07, 6.45) is 0. The Morgan fingerprint density at radius 1 is 1.56 bits per heavy atom. The first-order valence-corrected chi connectivity index (χ1v) is 6.48. The molecule has 1 amide bonds. The molecule has 0 radical (unpaired) electrons. The van der Waals surface area contributed by atoms with Gasteiger partial charge in [-0.25, -0.2) is 0 Å². The quantitative estimate of drug-likeness (QED) is 0.894. The average Bonchev–Trinajstić information content (AvgIpc) is 2.99. The van der Waals surface area contributed by atoms with Crippen molar-refractivity contribution >= 4 is 17.2 Å². The monoisotopic (exact) mass is 265 g/mol. The molecule has 1 N–H and O–H groups in total. The molecule has 18 heavy (non-hydrogen) atoms. The van der Waals surface area contributed by atoms with Gasteiger partial charge >= 0.3 is 0 Å². The van der Waals surface area contributed by atoms with Crippen LogP contribution in [0.15, 0.2) is 28.1 Å². The molecule has 0 atom stereocenters. The number of nitrogens with one attached hydrogen (secondary N) is 1. The summed E-state index contributed by atoms with van der Waals surface area (Å²) in [6, 6.07) is 5.52. The van der Waals surface area contributed by atoms with E-state index < -0.39 is 0 Å². The first-order chi connectivity index (χ1) is 8.66. The van der Waals surface area contributed by atoms with E-state index in [0.717, 1.165) is 11.4 Å². The summed E-state index contributed by atoms with van der Waals surface area (Å²) in [5.41, 5.74) is 0.317. The molecule has 0 saturated carbocycles. The summed E-state index contributed by atoms with van der Waals surface area (Å²) in [6.45, 7) is 1.38. The second-order valence-corrected chi connectivity index (χ2v) is 5.06. The fraction of sp³-hybridized carbons (Fsp3) is 0.333. The highest BCUT2D eigenvalue weighted by atomic mass is 32.1. The molecule has 0 aliphatic rings. The molecular weight excluding hydrogens is 250 g/mol. The predicted octanol–water partition coefficient (Wildman–Crippen LogP) is 1.69. The van der Waals surface area contributed by atoms with Gasteiger partial charge in [0.25, 0.3) is 5.91 Å². The third kappa shape index (κ3) is 3.18. The standard InChI is InChI=1S/C12H15N3O2S/c1-15(2)6-5-13-12(16)9-8-10(17-14-9)11-4-3-7-18-11/h3-4,7-8H,5-6H2,1-2H3,(H,13,16). The van der Waals surface area contributed by atoms with Gasteiger partial charge in [0.1, 0.15) is 0 Å². The highest BCUT2D eigenvalue weighted by Crippen LogP contribution is 2.24. The van der Waals surface area contributed by atoms with Crippen LogP contribution in [0.2, 0.25) is 0 Å². The van der Waals surface area contributed by atoms with Crippen LogP contribution in [0.25, 0.3) is 10.6 Å². The molecule has 96 valence electrons. The number of hydrogen-bond acceptors (Lipinski definition) is 5. The number of amides is 1. The van der Waals surface area contributed by atoms with Crippen molar-refractivity contribution in [1.82, 2.24) is 15.4 Å². The molecule has 0 bridgehead atoms. The van der Waals surface area contributed by atoms with E-state index >= 15 is 0 Å². The van der Waals surface area contributed by atoms with Gasteiger partial charge in [0.2, 0.25) is 0 Å². The summed E-state index contributed by atoms with van der Waals surface area (Å²) >= 11 is 1.55. The van der Waals surface area contributed by atoms with Gasteiger partial charge in [-0.05, 0) is 25.5 Å². The van der Waals surface area contributed by atoms with Crippen LogP contribution in [-0.2, 0) is 0 Å². The molecule has 5 nitrogen and oxygen atoms in total. The normalized spacial score (nSPS) is 10.8. The average molecular weight is 265 g/mol. The van der Waals surface area contributed by atoms with Crippen molar-refractivity contribution in [3.63, 3.8) is 0 Å². The lowest BCUT2D eigenvalue weighted by Gasteiger charge is -2.08. The summed E-state index contributed by atoms with van der Waals surface area (Å²) in [5.74, 6) is 0.422. The fourth-order valence-electron chi connectivity index (χ4n) is 1.40. The minimum Gasteiger partial charge on any atom is -0.355 e. The molecule has 2 aromatic heterocycles. The number of thiophene rings is 1. The molecule has 6 heteroatoms. The second-order valence-electron chi connectivity index (χ2n) is 4.11. The molecule has 0 unspecified atom stereocenters. The molecule has 0 aromatic carbocycles. The first-order valence-electron chi connectivity index (χ1n) is 5.60. The van der Waals surface area contributed by atoms with Crippen molar-refractivity contribution in [3.05, 3.63) is 29.3 Å². The van der Waals surface area contributed by atoms with Gasteiger partial charge in [0.05, 0.1) is 4.88 Å². The highest BCUT2D eigenvalue weighted by Gasteiger charge is 2.13. The molecule has 2 aromatic rings. The van der Waals surface area contributed by atoms with Gasteiger partial charge in [-0.15, -0.1) is 11.3 Å². The topological polar surface area (TPSA) is 58.4 Å². The van der Waals surface area contributed by atoms with Gasteiger partial charge in [0.15, 0.2) is 11.5 Å². The van der Waals surface area contributed by atoms with E-state index in [0.29, 0.717) is 18.0 Å². The summed E-state index contributed by atoms with van der Waals surface area (Å²) in [5, 5.41) is 8.52. The third-order valence-electron chi connectivity index (χ3n) is 2.35. The number of nitrogens with zero attached hydrogens (tertiary/aromatic N) is 2. The van der Waals surface area contributed by atoms with Crippen molar-refractivity contribution in [2.24, 2.45) is 0 Å². The first kappa shape index (κ1) is 12.8. The summed E-state index contributed by atoms with van der Waals surface area (Å²) < 4.78 is 5.15. The Morgan fingerprint density at radius 3 is 3.06 bits per heavy atom. The van der Waals surface area contributed by atoms with Crippen molar-refractivity contribution in [3.8, 4) is 10.6 Å². The Kier molecular flexibility index (Phi) is 4.11. The van der Waals surface area contributed by atoms with Crippen LogP contribution in [0.5, 0.6) is 0 Å². The van der Waals surface area contributed by atoms with Crippen molar-refractivity contribution in [1.29, 1.82) is 0 Å². The lowest BCUT2D eigenvalue weighted by molar-refractivity contribution is 0.0942. The van der Waals surface area contributed by atoms with Crippen LogP contribution in [-0.4, -0.2) is 43.1 Å². The second kappa shape index (κ2) is 5.79. The molecular formula is C12H15N3O2S. The molecule has 2 rings (SSSR count). The Hall–Kier alpha value is -1.66. The molecule has 0 fully saturated rings. The molecule has 0 aliphatic carbocycles. The smallest absolute Gasteiger partial charge is 0.273 e. The Bertz CT molecular complexity index is 505. The summed E-state index contributed by atoms with van der Waals surface area (Å²) in [4.78, 5) is 14.7. The maximum absolute atomic E-state index is 11.8. The van der Waals surface area contributed by atoms with Gasteiger partial charge < -0.3 is 14.7 Å². The number of carbonyl (C=O) groups excluding carboxylic acids is 1. The van der Waals surface area contributed by atoms with Crippen molar-refractivity contribution in [2.45, 2.75) is 0 Å². The van der Waals surface area contributed by atoms with Crippen LogP contribution >= 0.6 is 11.3 Å². The van der Waals surface area contributed by atoms with E-state index in [-0.39, 0.29) is 5.91 Å². The van der Waals surface area contributed by atoms with Crippen molar-refractivity contribution < 1.29 is 9.32 Å². The fourth-order valence-corrected chi connectivity index (χ4v) is 2.07. The maximum Gasteiger partial charge on any atom is 0.273 e. The zero-order chi connectivity index (χ0) is 13.0. The van der Waals surface area contributed by atoms with Gasteiger partial charge in [-0.1, -0.05) is 11.2 Å². The maximum atomic E-state index is 11.8. The van der Waals surface area contributed by atoms with E-state index in [1.165, 1.54) is 0 Å². The zero-order valence-corrected chi connectivity index (χ0v) is 11.2. The lowest BCUT2D eigenvalue weighted by Crippen LogP contribution is -2.31. The van der Waals surface area contributed by atoms with E-state index in [9.17, 15) is 4.79 Å². The predicted molar refractivity (Wildman–Crippen MR) is 70.7 cm³/mol. The van der Waals surface area contributed by atoms with E-state index in [1.54, 1.807) is 17.4 Å². The number of carbonyl (C=O) groups is 1. The van der Waals surface area contributed by atoms with Crippen LogP contribution in [0, 0.1) is 0 Å². The zero-order valence-electron chi connectivity index (χ0n) is 10.3.